The number of hydrogen-bond acceptors (Lipinski definition) is 8. The molecule has 37 heavy (non-hydrogen) atoms. The van der Waals surface area contributed by atoms with Gasteiger partial charge in [0, 0.05) is 12.2 Å². The van der Waals surface area contributed by atoms with Crippen molar-refractivity contribution in [1.29, 1.82) is 0 Å². The van der Waals surface area contributed by atoms with Gasteiger partial charge in [-0.1, -0.05) is 36.4 Å². The molecule has 12 nitrogen and oxygen atoms in total. The van der Waals surface area contributed by atoms with E-state index in [-0.39, 0.29) is 30.3 Å². The standard InChI is InChI=1S/C23H24BN5O7S/c1-2-25-22(30)28-20-11-18(27-23(31)35-13-15-6-4-3-5-7-15)12-26-21(20)37(33,34)29-17-9-8-16-14-36-24(32)19(16)10-17/h3-12,29,32H,2,13-14H2,1H3,(H,27,31)(H2,25,28,30). The van der Waals surface area contributed by atoms with E-state index in [0.29, 0.717) is 12.0 Å². The van der Waals surface area contributed by atoms with Crippen LogP contribution in [0.15, 0.2) is 65.8 Å². The summed E-state index contributed by atoms with van der Waals surface area (Å²) in [4.78, 5) is 28.4. The van der Waals surface area contributed by atoms with Crippen LogP contribution < -0.4 is 26.1 Å². The maximum Gasteiger partial charge on any atom is 0.491 e. The summed E-state index contributed by atoms with van der Waals surface area (Å²) in [5, 5.41) is 16.8. The molecule has 0 saturated heterocycles. The van der Waals surface area contributed by atoms with Crippen LogP contribution in [0.5, 0.6) is 0 Å². The molecule has 0 atom stereocenters. The quantitative estimate of drug-likeness (QED) is 0.278. The molecule has 14 heteroatoms. The maximum absolute atomic E-state index is 13.2. The number of hydrogen-bond donors (Lipinski definition) is 5. The van der Waals surface area contributed by atoms with E-state index in [0.717, 1.165) is 17.3 Å². The van der Waals surface area contributed by atoms with E-state index in [1.54, 1.807) is 25.1 Å². The molecule has 3 aromatic rings. The largest absolute Gasteiger partial charge is 0.491 e. The van der Waals surface area contributed by atoms with Crippen LogP contribution in [0, 0.1) is 0 Å². The van der Waals surface area contributed by atoms with E-state index in [1.807, 2.05) is 18.2 Å². The van der Waals surface area contributed by atoms with Gasteiger partial charge in [-0.25, -0.2) is 14.6 Å². The molecular weight excluding hydrogens is 501 g/mol. The summed E-state index contributed by atoms with van der Waals surface area (Å²) in [6.07, 6.45) is 0.337. The number of ether oxygens (including phenoxy) is 1. The highest BCUT2D eigenvalue weighted by Crippen LogP contribution is 2.26. The number of aromatic nitrogens is 1. The maximum atomic E-state index is 13.2. The van der Waals surface area contributed by atoms with Gasteiger partial charge in [0.15, 0.2) is 5.03 Å². The van der Waals surface area contributed by atoms with Crippen LogP contribution in [0.4, 0.5) is 26.7 Å². The lowest BCUT2D eigenvalue weighted by molar-refractivity contribution is 0.155. The molecule has 4 rings (SSSR count). The van der Waals surface area contributed by atoms with Crippen molar-refractivity contribution in [1.82, 2.24) is 10.3 Å². The molecule has 0 spiro atoms. The van der Waals surface area contributed by atoms with Gasteiger partial charge in [-0.15, -0.1) is 0 Å². The van der Waals surface area contributed by atoms with E-state index < -0.39 is 34.3 Å². The Morgan fingerprint density at radius 1 is 1.11 bits per heavy atom. The van der Waals surface area contributed by atoms with Crippen LogP contribution in [0.2, 0.25) is 0 Å². The number of sulfonamides is 1. The predicted octanol–water partition coefficient (Wildman–Crippen LogP) is 1.99. The molecule has 192 valence electrons. The summed E-state index contributed by atoms with van der Waals surface area (Å²) in [6, 6.07) is 14.3. The summed E-state index contributed by atoms with van der Waals surface area (Å²) >= 11 is 0. The lowest BCUT2D eigenvalue weighted by Crippen LogP contribution is -2.30. The third-order valence-corrected chi connectivity index (χ3v) is 6.55. The lowest BCUT2D eigenvalue weighted by atomic mass is 9.79. The van der Waals surface area contributed by atoms with Gasteiger partial charge in [-0.3, -0.25) is 10.0 Å². The number of nitrogens with one attached hydrogen (secondary N) is 4. The first-order valence-corrected chi connectivity index (χ1v) is 12.7. The van der Waals surface area contributed by atoms with Crippen LogP contribution in [-0.2, 0) is 32.6 Å². The highest BCUT2D eigenvalue weighted by Gasteiger charge is 2.29. The molecule has 3 amide bonds. The van der Waals surface area contributed by atoms with E-state index in [1.165, 1.54) is 18.2 Å². The van der Waals surface area contributed by atoms with Crippen LogP contribution in [0.3, 0.4) is 0 Å². The number of pyridine rings is 1. The minimum Gasteiger partial charge on any atom is -0.444 e. The predicted molar refractivity (Wildman–Crippen MR) is 137 cm³/mol. The highest BCUT2D eigenvalue weighted by molar-refractivity contribution is 7.92. The molecule has 2 aromatic carbocycles. The summed E-state index contributed by atoms with van der Waals surface area (Å²) in [6.45, 7) is 2.24. The van der Waals surface area contributed by atoms with Crippen LogP contribution >= 0.6 is 0 Å². The zero-order valence-electron chi connectivity index (χ0n) is 19.7. The molecule has 1 aromatic heterocycles. The fourth-order valence-electron chi connectivity index (χ4n) is 3.51. The number of anilines is 3. The number of benzene rings is 2. The van der Waals surface area contributed by atoms with Crippen LogP contribution in [-0.4, -0.2) is 44.2 Å². The topological polar surface area (TPSA) is 168 Å². The average Bonchev–Trinajstić information content (AvgIpc) is 3.23. The SMILES string of the molecule is CCNC(=O)Nc1cc(NC(=O)OCc2ccccc2)cnc1S(=O)(=O)Nc1ccc2c(c1)B(O)OC2. The van der Waals surface area contributed by atoms with Crippen molar-refractivity contribution in [3.8, 4) is 0 Å². The van der Waals surface area contributed by atoms with E-state index in [9.17, 15) is 23.0 Å². The van der Waals surface area contributed by atoms with Gasteiger partial charge < -0.3 is 25.0 Å². The monoisotopic (exact) mass is 525 g/mol. The van der Waals surface area contributed by atoms with Crippen molar-refractivity contribution in [2.24, 2.45) is 0 Å². The van der Waals surface area contributed by atoms with E-state index in [4.69, 9.17) is 9.39 Å². The van der Waals surface area contributed by atoms with Crippen LogP contribution in [0.1, 0.15) is 18.1 Å². The summed E-state index contributed by atoms with van der Waals surface area (Å²) in [7, 11) is -5.45. The van der Waals surface area contributed by atoms with Crippen molar-refractivity contribution in [2.75, 3.05) is 21.9 Å². The molecule has 0 bridgehead atoms. The molecule has 0 saturated carbocycles. The number of rotatable bonds is 8. The fourth-order valence-corrected chi connectivity index (χ4v) is 4.64. The lowest BCUT2D eigenvalue weighted by Gasteiger charge is -2.15. The molecule has 5 N–H and O–H groups in total. The van der Waals surface area contributed by atoms with Crippen molar-refractivity contribution in [3.05, 3.63) is 71.9 Å². The summed E-state index contributed by atoms with van der Waals surface area (Å²) in [5.41, 5.74) is 2.06. The van der Waals surface area contributed by atoms with Crippen molar-refractivity contribution in [2.45, 2.75) is 25.2 Å². The summed E-state index contributed by atoms with van der Waals surface area (Å²) in [5.74, 6) is 0. The average molecular weight is 525 g/mol. The van der Waals surface area contributed by atoms with Gasteiger partial charge in [0.2, 0.25) is 0 Å². The molecule has 0 radical (unpaired) electrons. The van der Waals surface area contributed by atoms with Crippen LogP contribution in [0.25, 0.3) is 0 Å². The Morgan fingerprint density at radius 3 is 2.65 bits per heavy atom. The van der Waals surface area contributed by atoms with Gasteiger partial charge in [-0.05, 0) is 41.7 Å². The molecule has 0 aliphatic carbocycles. The highest BCUT2D eigenvalue weighted by atomic mass is 32.2. The Hall–Kier alpha value is -4.14. The molecule has 1 aliphatic rings. The second-order valence-electron chi connectivity index (χ2n) is 7.93. The zero-order valence-corrected chi connectivity index (χ0v) is 20.5. The Bertz CT molecular complexity index is 1410. The minimum atomic E-state index is -4.30. The Kier molecular flexibility index (Phi) is 7.91. The molecule has 1 aliphatic heterocycles. The Balaban J connectivity index is 1.54. The first-order chi connectivity index (χ1) is 17.7. The van der Waals surface area contributed by atoms with Crippen molar-refractivity contribution < 1.29 is 32.4 Å². The number of carbonyl (C=O) groups is 2. The van der Waals surface area contributed by atoms with Gasteiger partial charge in [0.05, 0.1) is 24.2 Å². The minimum absolute atomic E-state index is 0.0288. The van der Waals surface area contributed by atoms with Gasteiger partial charge in [0.25, 0.3) is 10.0 Å². The first-order valence-electron chi connectivity index (χ1n) is 11.2. The smallest absolute Gasteiger partial charge is 0.444 e. The third kappa shape index (κ3) is 6.55. The van der Waals surface area contributed by atoms with E-state index >= 15 is 0 Å². The number of nitrogens with zero attached hydrogens (tertiary/aromatic N) is 1. The molecular formula is C23H24BN5O7S. The Morgan fingerprint density at radius 2 is 1.89 bits per heavy atom. The number of amides is 3. The first kappa shape index (κ1) is 25.9. The van der Waals surface area contributed by atoms with Crippen molar-refractivity contribution in [3.63, 3.8) is 0 Å². The van der Waals surface area contributed by atoms with Gasteiger partial charge >= 0.3 is 19.2 Å². The third-order valence-electron chi connectivity index (χ3n) is 5.21. The molecule has 2 heterocycles. The molecule has 0 fully saturated rings. The number of carbonyl (C=O) groups excluding carboxylic acids is 2. The van der Waals surface area contributed by atoms with E-state index in [2.05, 4.69) is 25.7 Å². The second-order valence-corrected chi connectivity index (χ2v) is 9.53. The Labute approximate surface area is 213 Å². The number of fused-ring (bicyclic) bond motifs is 1. The molecule has 0 unspecified atom stereocenters. The van der Waals surface area contributed by atoms with Gasteiger partial charge in [-0.2, -0.15) is 8.42 Å². The normalized spacial score (nSPS) is 12.4. The number of urea groups is 1. The zero-order chi connectivity index (χ0) is 26.4. The summed E-state index contributed by atoms with van der Waals surface area (Å²) < 4.78 is 39.1. The van der Waals surface area contributed by atoms with Gasteiger partial charge in [0.1, 0.15) is 6.61 Å². The fraction of sp³-hybridized carbons (Fsp3) is 0.174. The second kappa shape index (κ2) is 11.3. The van der Waals surface area contributed by atoms with Crippen molar-refractivity contribution >= 4 is 51.8 Å².